The van der Waals surface area contributed by atoms with Gasteiger partial charge in [-0.15, -0.1) is 0 Å². The van der Waals surface area contributed by atoms with E-state index in [0.717, 1.165) is 33.7 Å². The largest absolute Gasteiger partial charge is 0.481 e. The molecule has 0 aliphatic heterocycles. The van der Waals surface area contributed by atoms with Crippen LogP contribution in [0.15, 0.2) is 24.5 Å². The maximum atomic E-state index is 10.9. The van der Waals surface area contributed by atoms with Crippen molar-refractivity contribution in [2.24, 2.45) is 7.05 Å². The minimum absolute atomic E-state index is 0.0886. The number of aliphatic carboxylic acids is 1. The number of aromatic nitrogens is 4. The van der Waals surface area contributed by atoms with Crippen LogP contribution in [0.25, 0.3) is 16.9 Å². The molecular formula is C16H18N4O2. The first-order valence-corrected chi connectivity index (χ1v) is 7.15. The summed E-state index contributed by atoms with van der Waals surface area (Å²) in [6.45, 7) is 3.92. The van der Waals surface area contributed by atoms with Crippen LogP contribution in [-0.2, 0) is 18.3 Å². The molecule has 6 heteroatoms. The van der Waals surface area contributed by atoms with Gasteiger partial charge in [0.15, 0.2) is 0 Å². The van der Waals surface area contributed by atoms with Gasteiger partial charge in [0.25, 0.3) is 0 Å². The molecule has 3 rings (SSSR count). The van der Waals surface area contributed by atoms with Crippen molar-refractivity contribution in [3.8, 4) is 5.82 Å². The van der Waals surface area contributed by atoms with E-state index in [0.29, 0.717) is 6.42 Å². The van der Waals surface area contributed by atoms with Gasteiger partial charge in [-0.25, -0.2) is 4.98 Å². The van der Waals surface area contributed by atoms with E-state index in [9.17, 15) is 4.79 Å². The molecule has 0 fully saturated rings. The molecule has 0 saturated heterocycles. The Morgan fingerprint density at radius 3 is 2.86 bits per heavy atom. The molecule has 0 aromatic carbocycles. The number of carbonyl (C=O) groups is 1. The van der Waals surface area contributed by atoms with E-state index in [4.69, 9.17) is 5.11 Å². The van der Waals surface area contributed by atoms with Crippen molar-refractivity contribution in [1.29, 1.82) is 0 Å². The highest BCUT2D eigenvalue weighted by Crippen LogP contribution is 2.24. The summed E-state index contributed by atoms with van der Waals surface area (Å²) < 4.78 is 3.76. The Balaban J connectivity index is 2.15. The Hall–Kier alpha value is -2.63. The van der Waals surface area contributed by atoms with Crippen molar-refractivity contribution in [1.82, 2.24) is 19.3 Å². The van der Waals surface area contributed by atoms with Gasteiger partial charge in [0.05, 0.1) is 5.69 Å². The van der Waals surface area contributed by atoms with E-state index in [-0.39, 0.29) is 6.42 Å². The predicted octanol–water partition coefficient (Wildman–Crippen LogP) is 2.39. The summed E-state index contributed by atoms with van der Waals surface area (Å²) in [4.78, 5) is 15.4. The van der Waals surface area contributed by atoms with Gasteiger partial charge < -0.3 is 5.11 Å². The van der Waals surface area contributed by atoms with Gasteiger partial charge >= 0.3 is 5.97 Å². The second-order valence-electron chi connectivity index (χ2n) is 5.52. The molecular weight excluding hydrogens is 280 g/mol. The fourth-order valence-corrected chi connectivity index (χ4v) is 2.82. The Morgan fingerprint density at radius 2 is 2.14 bits per heavy atom. The summed E-state index contributed by atoms with van der Waals surface area (Å²) in [5, 5.41) is 14.5. The van der Waals surface area contributed by atoms with Crippen LogP contribution in [-0.4, -0.2) is 30.4 Å². The summed E-state index contributed by atoms with van der Waals surface area (Å²) in [5.74, 6) is 0.0745. The van der Waals surface area contributed by atoms with E-state index >= 15 is 0 Å². The number of aryl methyl sites for hydroxylation is 3. The van der Waals surface area contributed by atoms with Gasteiger partial charge in [0, 0.05) is 36.8 Å². The van der Waals surface area contributed by atoms with Crippen LogP contribution in [0, 0.1) is 13.8 Å². The molecule has 0 atom stereocenters. The molecule has 0 radical (unpaired) electrons. The van der Waals surface area contributed by atoms with Crippen molar-refractivity contribution in [3.63, 3.8) is 0 Å². The SMILES string of the molecule is Cc1cnc2c(ccn2-c2c(CCC(=O)O)c(C)nn2C)c1. The number of rotatable bonds is 4. The molecule has 3 aromatic rings. The lowest BCUT2D eigenvalue weighted by molar-refractivity contribution is -0.136. The van der Waals surface area contributed by atoms with Gasteiger partial charge in [0.2, 0.25) is 0 Å². The maximum Gasteiger partial charge on any atom is 0.303 e. The van der Waals surface area contributed by atoms with Crippen molar-refractivity contribution in [2.45, 2.75) is 26.7 Å². The first kappa shape index (κ1) is 14.3. The Kier molecular flexibility index (Phi) is 3.44. The molecule has 3 aromatic heterocycles. The first-order chi connectivity index (χ1) is 10.5. The zero-order chi connectivity index (χ0) is 15.9. The third-order valence-electron chi connectivity index (χ3n) is 3.79. The first-order valence-electron chi connectivity index (χ1n) is 7.15. The van der Waals surface area contributed by atoms with Crippen molar-refractivity contribution in [3.05, 3.63) is 41.3 Å². The quantitative estimate of drug-likeness (QED) is 0.802. The number of carboxylic acids is 1. The Labute approximate surface area is 128 Å². The molecule has 6 nitrogen and oxygen atoms in total. The summed E-state index contributed by atoms with van der Waals surface area (Å²) in [7, 11) is 1.87. The second kappa shape index (κ2) is 5.29. The smallest absolute Gasteiger partial charge is 0.303 e. The number of hydrogen-bond donors (Lipinski definition) is 1. The lowest BCUT2D eigenvalue weighted by Crippen LogP contribution is -2.06. The van der Waals surface area contributed by atoms with E-state index in [1.54, 1.807) is 4.68 Å². The van der Waals surface area contributed by atoms with Crippen LogP contribution in [0.4, 0.5) is 0 Å². The van der Waals surface area contributed by atoms with Gasteiger partial charge in [0.1, 0.15) is 11.5 Å². The standard InChI is InChI=1S/C16H18N4O2/c1-10-8-12-6-7-20(15(12)17-9-10)16-13(4-5-14(21)22)11(2)18-19(16)3/h6-9H,4-5H2,1-3H3,(H,21,22). The van der Waals surface area contributed by atoms with Crippen LogP contribution in [0.3, 0.4) is 0 Å². The average molecular weight is 298 g/mol. The van der Waals surface area contributed by atoms with Gasteiger partial charge in [-0.05, 0) is 38.0 Å². The number of fused-ring (bicyclic) bond motifs is 1. The number of hydrogen-bond acceptors (Lipinski definition) is 3. The molecule has 0 aliphatic rings. The van der Waals surface area contributed by atoms with Gasteiger partial charge in [-0.1, -0.05) is 0 Å². The molecule has 0 bridgehead atoms. The van der Waals surface area contributed by atoms with Crippen LogP contribution in [0.5, 0.6) is 0 Å². The molecule has 0 saturated carbocycles. The topological polar surface area (TPSA) is 72.9 Å². The zero-order valence-corrected chi connectivity index (χ0v) is 12.9. The Bertz CT molecular complexity index is 861. The molecule has 3 heterocycles. The van der Waals surface area contributed by atoms with E-state index in [1.165, 1.54) is 0 Å². The highest BCUT2D eigenvalue weighted by molar-refractivity contribution is 5.78. The van der Waals surface area contributed by atoms with Crippen molar-refractivity contribution in [2.75, 3.05) is 0 Å². The molecule has 1 N–H and O–H groups in total. The summed E-state index contributed by atoms with van der Waals surface area (Å²) >= 11 is 0. The molecule has 0 aliphatic carbocycles. The lowest BCUT2D eigenvalue weighted by atomic mass is 10.1. The second-order valence-corrected chi connectivity index (χ2v) is 5.52. The van der Waals surface area contributed by atoms with E-state index < -0.39 is 5.97 Å². The van der Waals surface area contributed by atoms with E-state index in [2.05, 4.69) is 16.1 Å². The minimum atomic E-state index is -0.805. The van der Waals surface area contributed by atoms with Crippen LogP contribution in [0.1, 0.15) is 23.2 Å². The molecule has 0 spiro atoms. The zero-order valence-electron chi connectivity index (χ0n) is 12.9. The molecule has 22 heavy (non-hydrogen) atoms. The summed E-state index contributed by atoms with van der Waals surface area (Å²) in [6, 6.07) is 4.09. The minimum Gasteiger partial charge on any atom is -0.481 e. The summed E-state index contributed by atoms with van der Waals surface area (Å²) in [6.07, 6.45) is 4.33. The van der Waals surface area contributed by atoms with Crippen molar-refractivity contribution >= 4 is 17.0 Å². The molecule has 0 unspecified atom stereocenters. The third kappa shape index (κ3) is 2.36. The van der Waals surface area contributed by atoms with Crippen LogP contribution < -0.4 is 0 Å². The molecule has 114 valence electrons. The van der Waals surface area contributed by atoms with Gasteiger partial charge in [-0.2, -0.15) is 5.10 Å². The molecule has 0 amide bonds. The monoisotopic (exact) mass is 298 g/mol. The highest BCUT2D eigenvalue weighted by atomic mass is 16.4. The number of carboxylic acid groups (broad SMARTS) is 1. The normalized spacial score (nSPS) is 11.2. The van der Waals surface area contributed by atoms with Gasteiger partial charge in [-0.3, -0.25) is 14.0 Å². The predicted molar refractivity (Wildman–Crippen MR) is 83.3 cm³/mol. The number of pyridine rings is 1. The fourth-order valence-electron chi connectivity index (χ4n) is 2.82. The lowest BCUT2D eigenvalue weighted by Gasteiger charge is -2.09. The Morgan fingerprint density at radius 1 is 1.36 bits per heavy atom. The maximum absolute atomic E-state index is 10.9. The van der Waals surface area contributed by atoms with Crippen molar-refractivity contribution < 1.29 is 9.90 Å². The third-order valence-corrected chi connectivity index (χ3v) is 3.79. The highest BCUT2D eigenvalue weighted by Gasteiger charge is 2.17. The van der Waals surface area contributed by atoms with Crippen LogP contribution in [0.2, 0.25) is 0 Å². The fraction of sp³-hybridized carbons (Fsp3) is 0.312. The number of nitrogens with zero attached hydrogens (tertiary/aromatic N) is 4. The van der Waals surface area contributed by atoms with Crippen LogP contribution >= 0.6 is 0 Å². The summed E-state index contributed by atoms with van der Waals surface area (Å²) in [5.41, 5.74) is 3.76. The average Bonchev–Trinajstić information content (AvgIpc) is 2.96. The van der Waals surface area contributed by atoms with E-state index in [1.807, 2.05) is 43.9 Å².